The van der Waals surface area contributed by atoms with Crippen molar-refractivity contribution in [3.8, 4) is 5.75 Å². The minimum Gasteiger partial charge on any atom is -0.497 e. The molecule has 0 aromatic heterocycles. The number of urea groups is 1. The molecular formula is C23H20FN3O3. The van der Waals surface area contributed by atoms with Gasteiger partial charge < -0.3 is 15.4 Å². The number of carbonyl (C=O) groups excluding carboxylic acids is 2. The predicted octanol–water partition coefficient (Wildman–Crippen LogP) is 4.68. The van der Waals surface area contributed by atoms with Gasteiger partial charge >= 0.3 is 6.03 Å². The van der Waals surface area contributed by atoms with Crippen LogP contribution in [0.15, 0.2) is 66.7 Å². The minimum atomic E-state index is -0.368. The van der Waals surface area contributed by atoms with Gasteiger partial charge in [0.25, 0.3) is 5.91 Å². The Balaban J connectivity index is 1.51. The summed E-state index contributed by atoms with van der Waals surface area (Å²) in [4.78, 5) is 27.1. The van der Waals surface area contributed by atoms with Crippen molar-refractivity contribution in [3.05, 3.63) is 83.7 Å². The molecule has 0 saturated heterocycles. The Morgan fingerprint density at radius 2 is 1.60 bits per heavy atom. The molecule has 3 aromatic rings. The number of carbonyl (C=O) groups is 2. The third-order valence-electron chi connectivity index (χ3n) is 4.96. The number of fused-ring (bicyclic) bond motifs is 1. The van der Waals surface area contributed by atoms with E-state index < -0.39 is 0 Å². The molecule has 2 N–H and O–H groups in total. The van der Waals surface area contributed by atoms with E-state index in [0.29, 0.717) is 41.3 Å². The molecule has 6 nitrogen and oxygen atoms in total. The molecule has 7 heteroatoms. The van der Waals surface area contributed by atoms with Gasteiger partial charge in [-0.15, -0.1) is 0 Å². The molecule has 0 unspecified atom stereocenters. The highest BCUT2D eigenvalue weighted by Gasteiger charge is 2.28. The summed E-state index contributed by atoms with van der Waals surface area (Å²) in [5.74, 6) is 0.0984. The van der Waals surface area contributed by atoms with E-state index in [2.05, 4.69) is 10.6 Å². The van der Waals surface area contributed by atoms with Crippen molar-refractivity contribution >= 4 is 29.0 Å². The number of nitrogens with zero attached hydrogens (tertiary/aromatic N) is 1. The van der Waals surface area contributed by atoms with Gasteiger partial charge in [0.15, 0.2) is 0 Å². The maximum Gasteiger partial charge on any atom is 0.326 e. The fourth-order valence-corrected chi connectivity index (χ4v) is 3.45. The molecule has 0 saturated carbocycles. The summed E-state index contributed by atoms with van der Waals surface area (Å²) < 4.78 is 18.2. The number of rotatable bonds is 4. The third kappa shape index (κ3) is 3.96. The molecule has 0 aliphatic carbocycles. The fourth-order valence-electron chi connectivity index (χ4n) is 3.45. The number of anilines is 3. The highest BCUT2D eigenvalue weighted by atomic mass is 19.1. The number of hydrogen-bond acceptors (Lipinski definition) is 3. The van der Waals surface area contributed by atoms with Gasteiger partial charge in [-0.25, -0.2) is 9.18 Å². The van der Waals surface area contributed by atoms with Crippen LogP contribution in [0.1, 0.15) is 15.9 Å². The second-order valence-corrected chi connectivity index (χ2v) is 6.82. The maximum atomic E-state index is 13.1. The normalized spacial score (nSPS) is 12.3. The van der Waals surface area contributed by atoms with Crippen molar-refractivity contribution in [1.82, 2.24) is 0 Å². The first-order chi connectivity index (χ1) is 14.5. The van der Waals surface area contributed by atoms with Gasteiger partial charge in [-0.3, -0.25) is 9.69 Å². The van der Waals surface area contributed by atoms with Crippen LogP contribution in [0.3, 0.4) is 0 Å². The first kappa shape index (κ1) is 19.4. The van der Waals surface area contributed by atoms with Crippen LogP contribution in [0.4, 0.5) is 26.2 Å². The molecule has 0 atom stereocenters. The minimum absolute atomic E-state index is 0.238. The predicted molar refractivity (Wildman–Crippen MR) is 114 cm³/mol. The third-order valence-corrected chi connectivity index (χ3v) is 4.96. The van der Waals surface area contributed by atoms with Gasteiger partial charge in [-0.2, -0.15) is 0 Å². The van der Waals surface area contributed by atoms with E-state index in [1.165, 1.54) is 24.3 Å². The van der Waals surface area contributed by atoms with Crippen LogP contribution in [-0.2, 0) is 6.42 Å². The van der Waals surface area contributed by atoms with Crippen molar-refractivity contribution in [3.63, 3.8) is 0 Å². The lowest BCUT2D eigenvalue weighted by Crippen LogP contribution is -2.33. The molecule has 1 heterocycles. The molecular weight excluding hydrogens is 385 g/mol. The van der Waals surface area contributed by atoms with E-state index in [4.69, 9.17) is 4.74 Å². The lowest BCUT2D eigenvalue weighted by atomic mass is 10.0. The number of hydrogen-bond donors (Lipinski definition) is 2. The number of halogens is 1. The number of methoxy groups -OCH3 is 1. The first-order valence-electron chi connectivity index (χ1n) is 9.46. The molecule has 4 rings (SSSR count). The zero-order valence-electron chi connectivity index (χ0n) is 16.3. The molecule has 0 bridgehead atoms. The van der Waals surface area contributed by atoms with E-state index in [9.17, 15) is 14.0 Å². The second-order valence-electron chi connectivity index (χ2n) is 6.82. The maximum absolute atomic E-state index is 13.1. The Morgan fingerprint density at radius 1 is 0.933 bits per heavy atom. The van der Waals surface area contributed by atoms with Crippen molar-refractivity contribution in [2.45, 2.75) is 6.42 Å². The standard InChI is InChI=1S/C23H20FN3O3/c1-30-18-11-9-16(10-12-18)25-22(28)20-3-2-4-21-19(20)13-14-27(21)23(29)26-17-7-5-15(24)6-8-17/h2-12H,13-14H2,1H3,(H,25,28)(H,26,29). The van der Waals surface area contributed by atoms with Crippen LogP contribution >= 0.6 is 0 Å². The quantitative estimate of drug-likeness (QED) is 0.662. The molecule has 0 spiro atoms. The monoisotopic (exact) mass is 405 g/mol. The van der Waals surface area contributed by atoms with Gasteiger partial charge in [-0.05, 0) is 72.6 Å². The average molecular weight is 405 g/mol. The summed E-state index contributed by atoms with van der Waals surface area (Å²) in [6.45, 7) is 0.454. The van der Waals surface area contributed by atoms with Gasteiger partial charge in [0.2, 0.25) is 0 Å². The zero-order chi connectivity index (χ0) is 21.1. The number of benzene rings is 3. The molecule has 0 fully saturated rings. The Morgan fingerprint density at radius 3 is 2.30 bits per heavy atom. The van der Waals surface area contributed by atoms with E-state index in [-0.39, 0.29) is 17.8 Å². The summed E-state index contributed by atoms with van der Waals surface area (Å²) >= 11 is 0. The molecule has 3 amide bonds. The van der Waals surface area contributed by atoms with E-state index in [0.717, 1.165) is 5.56 Å². The van der Waals surface area contributed by atoms with Gasteiger partial charge in [0.05, 0.1) is 7.11 Å². The van der Waals surface area contributed by atoms with E-state index in [1.54, 1.807) is 48.4 Å². The van der Waals surface area contributed by atoms with Crippen LogP contribution in [-0.4, -0.2) is 25.6 Å². The van der Waals surface area contributed by atoms with Crippen molar-refractivity contribution in [1.29, 1.82) is 0 Å². The molecule has 3 aromatic carbocycles. The summed E-state index contributed by atoms with van der Waals surface area (Å²) in [7, 11) is 1.58. The van der Waals surface area contributed by atoms with Crippen LogP contribution in [0, 0.1) is 5.82 Å². The van der Waals surface area contributed by atoms with Crippen molar-refractivity contribution in [2.75, 3.05) is 29.2 Å². The molecule has 1 aliphatic rings. The zero-order valence-corrected chi connectivity index (χ0v) is 16.3. The van der Waals surface area contributed by atoms with Crippen LogP contribution in [0.25, 0.3) is 0 Å². The Labute approximate surface area is 173 Å². The topological polar surface area (TPSA) is 70.7 Å². The Hall–Kier alpha value is -3.87. The van der Waals surface area contributed by atoms with Crippen molar-refractivity contribution in [2.24, 2.45) is 0 Å². The van der Waals surface area contributed by atoms with Crippen LogP contribution < -0.4 is 20.3 Å². The summed E-state index contributed by atoms with van der Waals surface area (Å²) in [5, 5.41) is 5.64. The van der Waals surface area contributed by atoms with E-state index >= 15 is 0 Å². The Bertz CT molecular complexity index is 1080. The summed E-state index contributed by atoms with van der Waals surface area (Å²) in [5.41, 5.74) is 3.20. The number of nitrogens with one attached hydrogen (secondary N) is 2. The number of ether oxygens (including phenoxy) is 1. The van der Waals surface area contributed by atoms with Gasteiger partial charge in [0, 0.05) is 29.2 Å². The lowest BCUT2D eigenvalue weighted by Gasteiger charge is -2.18. The van der Waals surface area contributed by atoms with Crippen molar-refractivity contribution < 1.29 is 18.7 Å². The van der Waals surface area contributed by atoms with Crippen LogP contribution in [0.2, 0.25) is 0 Å². The SMILES string of the molecule is COc1ccc(NC(=O)c2cccc3c2CCN3C(=O)Nc2ccc(F)cc2)cc1. The summed E-state index contributed by atoms with van der Waals surface area (Å²) in [6, 6.07) is 17.6. The second kappa shape index (κ2) is 8.24. The van der Waals surface area contributed by atoms with Gasteiger partial charge in [0.1, 0.15) is 11.6 Å². The largest absolute Gasteiger partial charge is 0.497 e. The lowest BCUT2D eigenvalue weighted by molar-refractivity contribution is 0.102. The van der Waals surface area contributed by atoms with Gasteiger partial charge in [-0.1, -0.05) is 6.07 Å². The van der Waals surface area contributed by atoms with Crippen LogP contribution in [0.5, 0.6) is 5.75 Å². The molecule has 152 valence electrons. The first-order valence-corrected chi connectivity index (χ1v) is 9.46. The highest BCUT2D eigenvalue weighted by molar-refractivity contribution is 6.09. The summed E-state index contributed by atoms with van der Waals surface area (Å²) in [6.07, 6.45) is 0.568. The Kier molecular flexibility index (Phi) is 5.34. The number of amides is 3. The smallest absolute Gasteiger partial charge is 0.326 e. The highest BCUT2D eigenvalue weighted by Crippen LogP contribution is 2.32. The molecule has 1 aliphatic heterocycles. The average Bonchev–Trinajstić information content (AvgIpc) is 3.20. The fraction of sp³-hybridized carbons (Fsp3) is 0.130. The molecule has 0 radical (unpaired) electrons. The molecule has 30 heavy (non-hydrogen) atoms. The van der Waals surface area contributed by atoms with E-state index in [1.807, 2.05) is 6.07 Å².